The monoisotopic (exact) mass is 277 g/mol. The fraction of sp³-hybridized carbons (Fsp3) is 0.429. The van der Waals surface area contributed by atoms with Crippen molar-refractivity contribution < 1.29 is 9.31 Å². The fourth-order valence-corrected chi connectivity index (χ4v) is 2.47. The molecule has 5 heteroatoms. The molecule has 1 fully saturated rings. The van der Waals surface area contributed by atoms with Crippen molar-refractivity contribution in [2.75, 3.05) is 0 Å². The Morgan fingerprint density at radius 1 is 1.11 bits per heavy atom. The van der Waals surface area contributed by atoms with Crippen LogP contribution in [0.4, 0.5) is 0 Å². The van der Waals surface area contributed by atoms with Crippen molar-refractivity contribution in [3.8, 4) is 0 Å². The standard InChI is InChI=1S/C14H17BClNO2/c1-13(2)14(3,4)19-15(18-13)12-8-9-10(16)6-5-7-11(9)17-12/h5-8,17H,1-4H3. The average Bonchev–Trinajstić information content (AvgIpc) is 2.80. The second-order valence-electron chi connectivity index (χ2n) is 6.01. The number of aromatic nitrogens is 1. The van der Waals surface area contributed by atoms with Gasteiger partial charge in [-0.2, -0.15) is 0 Å². The SMILES string of the molecule is CC1(C)OB(c2cc3c(Cl)cccc3[nH]2)OC1(C)C. The second kappa shape index (κ2) is 4.01. The Balaban J connectivity index is 2.01. The first-order chi connectivity index (χ1) is 8.80. The van der Waals surface area contributed by atoms with E-state index in [-0.39, 0.29) is 18.3 Å². The molecule has 19 heavy (non-hydrogen) atoms. The molecule has 1 N–H and O–H groups in total. The fourth-order valence-electron chi connectivity index (χ4n) is 2.24. The van der Waals surface area contributed by atoms with E-state index in [1.807, 2.05) is 52.0 Å². The van der Waals surface area contributed by atoms with Gasteiger partial charge in [-0.3, -0.25) is 0 Å². The van der Waals surface area contributed by atoms with E-state index in [0.29, 0.717) is 0 Å². The van der Waals surface area contributed by atoms with E-state index in [4.69, 9.17) is 20.9 Å². The van der Waals surface area contributed by atoms with Gasteiger partial charge in [-0.15, -0.1) is 0 Å². The lowest BCUT2D eigenvalue weighted by atomic mass is 9.85. The molecule has 0 aliphatic carbocycles. The molecule has 3 rings (SSSR count). The van der Waals surface area contributed by atoms with Crippen LogP contribution in [0, 0.1) is 0 Å². The van der Waals surface area contributed by atoms with Gasteiger partial charge < -0.3 is 14.3 Å². The summed E-state index contributed by atoms with van der Waals surface area (Å²) in [4.78, 5) is 3.32. The molecular weight excluding hydrogens is 260 g/mol. The molecule has 0 bridgehead atoms. The van der Waals surface area contributed by atoms with E-state index in [9.17, 15) is 0 Å². The molecule has 0 saturated carbocycles. The molecule has 1 saturated heterocycles. The molecule has 1 aliphatic heterocycles. The van der Waals surface area contributed by atoms with Crippen LogP contribution >= 0.6 is 11.6 Å². The van der Waals surface area contributed by atoms with Gasteiger partial charge in [-0.05, 0) is 45.9 Å². The van der Waals surface area contributed by atoms with Crippen LogP contribution in [0.5, 0.6) is 0 Å². The molecule has 1 aromatic carbocycles. The molecule has 2 aromatic rings. The number of benzene rings is 1. The molecule has 3 nitrogen and oxygen atoms in total. The molecule has 0 atom stereocenters. The van der Waals surface area contributed by atoms with Crippen molar-refractivity contribution in [3.05, 3.63) is 29.3 Å². The maximum atomic E-state index is 6.19. The Bertz CT molecular complexity index is 619. The summed E-state index contributed by atoms with van der Waals surface area (Å²) in [6, 6.07) is 7.80. The van der Waals surface area contributed by atoms with Crippen LogP contribution in [-0.4, -0.2) is 23.3 Å². The highest BCUT2D eigenvalue weighted by Gasteiger charge is 2.52. The Kier molecular flexibility index (Phi) is 2.75. The quantitative estimate of drug-likeness (QED) is 0.813. The van der Waals surface area contributed by atoms with Gasteiger partial charge in [0.25, 0.3) is 0 Å². The second-order valence-corrected chi connectivity index (χ2v) is 6.42. The van der Waals surface area contributed by atoms with Crippen molar-refractivity contribution in [2.24, 2.45) is 0 Å². The summed E-state index contributed by atoms with van der Waals surface area (Å²) in [7, 11) is -0.381. The van der Waals surface area contributed by atoms with Gasteiger partial charge in [0.05, 0.1) is 11.2 Å². The highest BCUT2D eigenvalue weighted by atomic mass is 35.5. The normalized spacial score (nSPS) is 21.2. The van der Waals surface area contributed by atoms with Crippen LogP contribution in [0.3, 0.4) is 0 Å². The van der Waals surface area contributed by atoms with Crippen LogP contribution in [0.15, 0.2) is 24.3 Å². The third-order valence-corrected chi connectivity index (χ3v) is 4.47. The van der Waals surface area contributed by atoms with Gasteiger partial charge in [-0.1, -0.05) is 17.7 Å². The average molecular weight is 278 g/mol. The van der Waals surface area contributed by atoms with Crippen LogP contribution in [0.2, 0.25) is 5.02 Å². The third kappa shape index (κ3) is 1.99. The van der Waals surface area contributed by atoms with Crippen LogP contribution in [-0.2, 0) is 9.31 Å². The number of nitrogens with one attached hydrogen (secondary N) is 1. The molecule has 1 aromatic heterocycles. The summed E-state index contributed by atoms with van der Waals surface area (Å²) in [5.74, 6) is 0. The van der Waals surface area contributed by atoms with Crippen molar-refractivity contribution in [3.63, 3.8) is 0 Å². The van der Waals surface area contributed by atoms with Crippen LogP contribution in [0.1, 0.15) is 27.7 Å². The summed E-state index contributed by atoms with van der Waals surface area (Å²) < 4.78 is 12.0. The predicted molar refractivity (Wildman–Crippen MR) is 79.0 cm³/mol. The minimum Gasteiger partial charge on any atom is -0.398 e. The topological polar surface area (TPSA) is 34.2 Å². The number of fused-ring (bicyclic) bond motifs is 1. The van der Waals surface area contributed by atoms with Crippen molar-refractivity contribution in [1.29, 1.82) is 0 Å². The zero-order chi connectivity index (χ0) is 13.8. The first-order valence-electron chi connectivity index (χ1n) is 6.43. The number of rotatable bonds is 1. The number of halogens is 1. The summed E-state index contributed by atoms with van der Waals surface area (Å²) in [5, 5.41) is 1.73. The lowest BCUT2D eigenvalue weighted by Crippen LogP contribution is -2.41. The van der Waals surface area contributed by atoms with E-state index in [2.05, 4.69) is 4.98 Å². The van der Waals surface area contributed by atoms with E-state index >= 15 is 0 Å². The first-order valence-corrected chi connectivity index (χ1v) is 6.81. The predicted octanol–water partition coefficient (Wildman–Crippen LogP) is 3.12. The summed E-state index contributed by atoms with van der Waals surface area (Å²) in [6.07, 6.45) is 0. The number of aromatic amines is 1. The van der Waals surface area contributed by atoms with Gasteiger partial charge in [-0.25, -0.2) is 0 Å². The summed E-state index contributed by atoms with van der Waals surface area (Å²) in [5.41, 5.74) is 1.23. The molecule has 0 amide bonds. The molecule has 0 unspecified atom stereocenters. The largest absolute Gasteiger partial charge is 0.512 e. The zero-order valence-electron chi connectivity index (χ0n) is 11.6. The van der Waals surface area contributed by atoms with Gasteiger partial charge in [0.15, 0.2) is 0 Å². The van der Waals surface area contributed by atoms with E-state index in [1.165, 1.54) is 0 Å². The molecule has 2 heterocycles. The highest BCUT2D eigenvalue weighted by Crippen LogP contribution is 2.36. The lowest BCUT2D eigenvalue weighted by molar-refractivity contribution is 0.00578. The molecule has 100 valence electrons. The maximum absolute atomic E-state index is 6.19. The van der Waals surface area contributed by atoms with E-state index in [0.717, 1.165) is 21.5 Å². The van der Waals surface area contributed by atoms with Crippen molar-refractivity contribution in [1.82, 2.24) is 4.98 Å². The van der Waals surface area contributed by atoms with Gasteiger partial charge >= 0.3 is 7.12 Å². The Morgan fingerprint density at radius 3 is 2.32 bits per heavy atom. The van der Waals surface area contributed by atoms with E-state index < -0.39 is 0 Å². The number of H-pyrrole nitrogens is 1. The van der Waals surface area contributed by atoms with Crippen LogP contribution in [0.25, 0.3) is 10.9 Å². The maximum Gasteiger partial charge on any atom is 0.512 e. The molecule has 0 spiro atoms. The highest BCUT2D eigenvalue weighted by molar-refractivity contribution is 6.61. The summed E-state index contributed by atoms with van der Waals surface area (Å²) in [6.45, 7) is 8.18. The van der Waals surface area contributed by atoms with Gasteiger partial charge in [0, 0.05) is 21.5 Å². The van der Waals surface area contributed by atoms with Gasteiger partial charge in [0.1, 0.15) is 0 Å². The molecular formula is C14H17BClNO2. The summed E-state index contributed by atoms with van der Waals surface area (Å²) >= 11 is 6.19. The molecule has 0 radical (unpaired) electrons. The smallest absolute Gasteiger partial charge is 0.398 e. The van der Waals surface area contributed by atoms with E-state index in [1.54, 1.807) is 0 Å². The minimum absolute atomic E-state index is 0.335. The van der Waals surface area contributed by atoms with Crippen LogP contribution < -0.4 is 5.59 Å². The van der Waals surface area contributed by atoms with Crippen molar-refractivity contribution >= 4 is 35.2 Å². The third-order valence-electron chi connectivity index (χ3n) is 4.14. The molecule has 1 aliphatic rings. The Hall–Kier alpha value is -0.965. The number of hydrogen-bond donors (Lipinski definition) is 1. The Morgan fingerprint density at radius 2 is 1.74 bits per heavy atom. The van der Waals surface area contributed by atoms with Gasteiger partial charge in [0.2, 0.25) is 0 Å². The minimum atomic E-state index is -0.381. The van der Waals surface area contributed by atoms with Crippen molar-refractivity contribution in [2.45, 2.75) is 38.9 Å². The number of hydrogen-bond acceptors (Lipinski definition) is 2. The lowest BCUT2D eigenvalue weighted by Gasteiger charge is -2.32. The first kappa shape index (κ1) is 13.0. The zero-order valence-corrected chi connectivity index (χ0v) is 12.3. The Labute approximate surface area is 118 Å².